The average molecular weight is 238 g/mol. The van der Waals surface area contributed by atoms with Crippen molar-refractivity contribution in [2.24, 2.45) is 0 Å². The minimum Gasteiger partial charge on any atom is -0.392 e. The first-order valence-corrected chi connectivity index (χ1v) is 6.14. The van der Waals surface area contributed by atoms with Gasteiger partial charge in [0.2, 0.25) is 0 Å². The second-order valence-electron chi connectivity index (χ2n) is 4.65. The summed E-state index contributed by atoms with van der Waals surface area (Å²) in [5.41, 5.74) is 5.08. The molecule has 0 bridgehead atoms. The molecular formula is C16H14O2. The zero-order chi connectivity index (χ0) is 12.5. The molecule has 1 N–H and O–H groups in total. The number of hydrogen-bond acceptors (Lipinski definition) is 2. The molecule has 0 aliphatic heterocycles. The molecule has 0 amide bonds. The Morgan fingerprint density at radius 2 is 1.67 bits per heavy atom. The first-order chi connectivity index (χ1) is 8.78. The van der Waals surface area contributed by atoms with Gasteiger partial charge in [-0.25, -0.2) is 0 Å². The predicted octanol–water partition coefficient (Wildman–Crippen LogP) is 2.97. The Morgan fingerprint density at radius 1 is 0.944 bits per heavy atom. The summed E-state index contributed by atoms with van der Waals surface area (Å²) in [6, 6.07) is 13.9. The molecular weight excluding hydrogens is 224 g/mol. The molecule has 1 aliphatic carbocycles. The summed E-state index contributed by atoms with van der Waals surface area (Å²) < 4.78 is 0. The third-order valence-corrected chi connectivity index (χ3v) is 3.50. The van der Waals surface area contributed by atoms with Crippen LogP contribution < -0.4 is 0 Å². The first kappa shape index (κ1) is 11.2. The van der Waals surface area contributed by atoms with Crippen LogP contribution in [0.1, 0.15) is 27.9 Å². The predicted molar refractivity (Wildman–Crippen MR) is 70.5 cm³/mol. The van der Waals surface area contributed by atoms with Crippen molar-refractivity contribution in [1.29, 1.82) is 0 Å². The highest BCUT2D eigenvalue weighted by atomic mass is 16.3. The first-order valence-electron chi connectivity index (χ1n) is 6.14. The SMILES string of the molecule is O=C1CCc2ccc(-c3ccc(CO)cc3)cc21. The fourth-order valence-corrected chi connectivity index (χ4v) is 2.42. The second-order valence-corrected chi connectivity index (χ2v) is 4.65. The van der Waals surface area contributed by atoms with Gasteiger partial charge in [0.15, 0.2) is 5.78 Å². The van der Waals surface area contributed by atoms with Crippen LogP contribution in [0.3, 0.4) is 0 Å². The van der Waals surface area contributed by atoms with E-state index in [9.17, 15) is 4.79 Å². The summed E-state index contributed by atoms with van der Waals surface area (Å²) in [4.78, 5) is 11.7. The number of hydrogen-bond donors (Lipinski definition) is 1. The average Bonchev–Trinajstić information content (AvgIpc) is 2.80. The lowest BCUT2D eigenvalue weighted by Crippen LogP contribution is -1.92. The molecule has 3 rings (SSSR count). The van der Waals surface area contributed by atoms with E-state index in [1.165, 1.54) is 0 Å². The quantitative estimate of drug-likeness (QED) is 0.873. The maximum atomic E-state index is 11.7. The van der Waals surface area contributed by atoms with Crippen LogP contribution >= 0.6 is 0 Å². The highest BCUT2D eigenvalue weighted by molar-refractivity contribution is 6.01. The van der Waals surface area contributed by atoms with E-state index in [-0.39, 0.29) is 12.4 Å². The van der Waals surface area contributed by atoms with Crippen LogP contribution in [0.5, 0.6) is 0 Å². The lowest BCUT2D eigenvalue weighted by molar-refractivity contribution is 0.0994. The standard InChI is InChI=1S/C16H14O2/c17-10-11-1-3-12(4-2-11)14-6-5-13-7-8-16(18)15(13)9-14/h1-6,9,17H,7-8,10H2. The monoisotopic (exact) mass is 238 g/mol. The highest BCUT2D eigenvalue weighted by Crippen LogP contribution is 2.28. The fourth-order valence-electron chi connectivity index (χ4n) is 2.42. The lowest BCUT2D eigenvalue weighted by Gasteiger charge is -2.05. The van der Waals surface area contributed by atoms with E-state index in [1.54, 1.807) is 0 Å². The summed E-state index contributed by atoms with van der Waals surface area (Å²) in [5, 5.41) is 9.02. The fraction of sp³-hybridized carbons (Fsp3) is 0.188. The summed E-state index contributed by atoms with van der Waals surface area (Å²) in [7, 11) is 0. The van der Waals surface area contributed by atoms with E-state index in [0.717, 1.165) is 34.2 Å². The Bertz CT molecular complexity index is 597. The van der Waals surface area contributed by atoms with E-state index in [1.807, 2.05) is 30.3 Å². The molecule has 0 atom stereocenters. The lowest BCUT2D eigenvalue weighted by atomic mass is 9.99. The summed E-state index contributed by atoms with van der Waals surface area (Å²) in [6.45, 7) is 0.0585. The van der Waals surface area contributed by atoms with Gasteiger partial charge in [-0.05, 0) is 34.7 Å². The molecule has 0 saturated heterocycles. The van der Waals surface area contributed by atoms with Gasteiger partial charge < -0.3 is 5.11 Å². The van der Waals surface area contributed by atoms with Gasteiger partial charge in [0.05, 0.1) is 6.61 Å². The topological polar surface area (TPSA) is 37.3 Å². The smallest absolute Gasteiger partial charge is 0.163 e. The van der Waals surface area contributed by atoms with Gasteiger partial charge in [-0.3, -0.25) is 4.79 Å². The highest BCUT2D eigenvalue weighted by Gasteiger charge is 2.19. The van der Waals surface area contributed by atoms with E-state index < -0.39 is 0 Å². The molecule has 18 heavy (non-hydrogen) atoms. The minimum atomic E-state index is 0.0585. The van der Waals surface area contributed by atoms with Crippen molar-refractivity contribution in [2.45, 2.75) is 19.4 Å². The van der Waals surface area contributed by atoms with Crippen molar-refractivity contribution in [3.8, 4) is 11.1 Å². The molecule has 2 aromatic rings. The van der Waals surface area contributed by atoms with Crippen molar-refractivity contribution >= 4 is 5.78 Å². The van der Waals surface area contributed by atoms with Crippen LogP contribution in [0, 0.1) is 0 Å². The van der Waals surface area contributed by atoms with Gasteiger partial charge in [-0.1, -0.05) is 36.4 Å². The van der Waals surface area contributed by atoms with Gasteiger partial charge in [0.1, 0.15) is 0 Å². The molecule has 0 heterocycles. The van der Waals surface area contributed by atoms with Crippen LogP contribution in [0.2, 0.25) is 0 Å². The summed E-state index contributed by atoms with van der Waals surface area (Å²) >= 11 is 0. The van der Waals surface area contributed by atoms with Crippen molar-refractivity contribution < 1.29 is 9.90 Å². The zero-order valence-electron chi connectivity index (χ0n) is 10.0. The Morgan fingerprint density at radius 3 is 2.39 bits per heavy atom. The number of carbonyl (C=O) groups is 1. The zero-order valence-corrected chi connectivity index (χ0v) is 10.0. The second kappa shape index (κ2) is 4.39. The molecule has 1 aliphatic rings. The number of aliphatic hydroxyl groups is 1. The van der Waals surface area contributed by atoms with Crippen LogP contribution in [-0.4, -0.2) is 10.9 Å². The van der Waals surface area contributed by atoms with Crippen molar-refractivity contribution in [3.05, 3.63) is 59.2 Å². The molecule has 2 aromatic carbocycles. The summed E-state index contributed by atoms with van der Waals surface area (Å²) in [5.74, 6) is 0.249. The van der Waals surface area contributed by atoms with Gasteiger partial charge >= 0.3 is 0 Å². The molecule has 0 spiro atoms. The molecule has 0 unspecified atom stereocenters. The minimum absolute atomic E-state index is 0.0585. The number of Topliss-reactive ketones (excluding diaryl/α,β-unsaturated/α-hetero) is 1. The van der Waals surface area contributed by atoms with Crippen LogP contribution in [-0.2, 0) is 13.0 Å². The number of ketones is 1. The van der Waals surface area contributed by atoms with Crippen molar-refractivity contribution in [3.63, 3.8) is 0 Å². The molecule has 0 fully saturated rings. The Labute approximate surface area is 106 Å². The molecule has 2 heteroatoms. The van der Waals surface area contributed by atoms with Gasteiger partial charge in [-0.2, -0.15) is 0 Å². The van der Waals surface area contributed by atoms with Crippen molar-refractivity contribution in [1.82, 2.24) is 0 Å². The largest absolute Gasteiger partial charge is 0.392 e. The number of rotatable bonds is 2. The van der Waals surface area contributed by atoms with Gasteiger partial charge in [0.25, 0.3) is 0 Å². The number of fused-ring (bicyclic) bond motifs is 1. The van der Waals surface area contributed by atoms with E-state index in [4.69, 9.17) is 5.11 Å². The third-order valence-electron chi connectivity index (χ3n) is 3.50. The number of aliphatic hydroxyl groups excluding tert-OH is 1. The van der Waals surface area contributed by atoms with E-state index >= 15 is 0 Å². The Balaban J connectivity index is 2.01. The Kier molecular flexibility index (Phi) is 2.73. The normalized spacial score (nSPS) is 13.7. The third kappa shape index (κ3) is 1.85. The number of benzene rings is 2. The van der Waals surface area contributed by atoms with E-state index in [0.29, 0.717) is 6.42 Å². The van der Waals surface area contributed by atoms with E-state index in [2.05, 4.69) is 12.1 Å². The molecule has 0 saturated carbocycles. The number of aryl methyl sites for hydroxylation is 1. The molecule has 0 aromatic heterocycles. The molecule has 90 valence electrons. The molecule has 0 radical (unpaired) electrons. The maximum Gasteiger partial charge on any atom is 0.163 e. The van der Waals surface area contributed by atoms with Gasteiger partial charge in [-0.15, -0.1) is 0 Å². The Hall–Kier alpha value is -1.93. The van der Waals surface area contributed by atoms with Crippen LogP contribution in [0.4, 0.5) is 0 Å². The molecule has 2 nitrogen and oxygen atoms in total. The van der Waals surface area contributed by atoms with Gasteiger partial charge in [0, 0.05) is 12.0 Å². The van der Waals surface area contributed by atoms with Crippen LogP contribution in [0.15, 0.2) is 42.5 Å². The number of carbonyl (C=O) groups excluding carboxylic acids is 1. The van der Waals surface area contributed by atoms with Crippen molar-refractivity contribution in [2.75, 3.05) is 0 Å². The maximum absolute atomic E-state index is 11.7. The summed E-state index contributed by atoms with van der Waals surface area (Å²) in [6.07, 6.45) is 1.51. The van der Waals surface area contributed by atoms with Crippen LogP contribution in [0.25, 0.3) is 11.1 Å².